The van der Waals surface area contributed by atoms with Crippen LogP contribution in [-0.2, 0) is 6.54 Å². The Labute approximate surface area is 81.0 Å². The number of hydrogen-bond donors (Lipinski definition) is 2. The first kappa shape index (κ1) is 9.67. The molecule has 0 aliphatic heterocycles. The first-order chi connectivity index (χ1) is 5.65. The molecule has 0 aromatic carbocycles. The lowest BCUT2D eigenvalue weighted by Crippen LogP contribution is -2.09. The van der Waals surface area contributed by atoms with E-state index in [4.69, 9.17) is 16.7 Å². The quantitative estimate of drug-likeness (QED) is 0.580. The average molecular weight is 208 g/mol. The van der Waals surface area contributed by atoms with Crippen LogP contribution >= 0.6 is 24.2 Å². The van der Waals surface area contributed by atoms with Crippen molar-refractivity contribution in [2.45, 2.75) is 30.4 Å². The van der Waals surface area contributed by atoms with Gasteiger partial charge in [-0.05, 0) is 6.42 Å². The summed E-state index contributed by atoms with van der Waals surface area (Å²) in [6.45, 7) is 2.45. The summed E-state index contributed by atoms with van der Waals surface area (Å²) >= 11 is 9.88. The molecule has 68 valence electrons. The van der Waals surface area contributed by atoms with Crippen LogP contribution in [0.1, 0.15) is 13.3 Å². The predicted octanol–water partition coefficient (Wildman–Crippen LogP) is 1.29. The molecule has 1 aromatic heterocycles. The van der Waals surface area contributed by atoms with E-state index in [9.17, 15) is 0 Å². The summed E-state index contributed by atoms with van der Waals surface area (Å²) in [5.41, 5.74) is 0. The molecule has 0 spiro atoms. The average Bonchev–Trinajstić information content (AvgIpc) is 2.35. The molecule has 1 aromatic rings. The second-order valence-corrected chi connectivity index (χ2v) is 3.43. The zero-order chi connectivity index (χ0) is 9.14. The van der Waals surface area contributed by atoms with E-state index in [0.29, 0.717) is 11.7 Å². The summed E-state index contributed by atoms with van der Waals surface area (Å²) in [5, 5.41) is 16.5. The Kier molecular flexibility index (Phi) is 3.22. The van der Waals surface area contributed by atoms with Gasteiger partial charge in [0.25, 0.3) is 0 Å². The first-order valence-corrected chi connectivity index (χ1v) is 4.48. The molecular weight excluding hydrogens is 198 g/mol. The van der Waals surface area contributed by atoms with Crippen LogP contribution < -0.4 is 0 Å². The van der Waals surface area contributed by atoms with Crippen LogP contribution in [0.5, 0.6) is 6.01 Å². The number of aromatic nitrogens is 3. The van der Waals surface area contributed by atoms with Gasteiger partial charge in [-0.3, -0.25) is 4.57 Å². The van der Waals surface area contributed by atoms with Crippen molar-refractivity contribution in [1.82, 2.24) is 14.8 Å². The summed E-state index contributed by atoms with van der Waals surface area (Å²) in [6, 6.07) is -0.140. The summed E-state index contributed by atoms with van der Waals surface area (Å²) < 4.78 is 1.46. The molecule has 1 N–H and O–H groups in total. The van der Waals surface area contributed by atoms with Gasteiger partial charge >= 0.3 is 6.01 Å². The Balaban J connectivity index is 2.73. The molecule has 0 saturated carbocycles. The molecule has 12 heavy (non-hydrogen) atoms. The molecule has 0 radical (unpaired) electrons. The van der Waals surface area contributed by atoms with Crippen molar-refractivity contribution < 1.29 is 5.11 Å². The molecule has 1 rings (SSSR count). The SMILES string of the molecule is CCC(Cl)Cn1c(O)nnc1S. The second kappa shape index (κ2) is 4.00. The zero-order valence-corrected chi connectivity index (χ0v) is 8.26. The minimum atomic E-state index is -0.140. The molecule has 0 bridgehead atoms. The zero-order valence-electron chi connectivity index (χ0n) is 6.61. The predicted molar refractivity (Wildman–Crippen MR) is 48.9 cm³/mol. The molecule has 0 aliphatic rings. The normalized spacial score (nSPS) is 13.2. The molecule has 1 atom stereocenters. The van der Waals surface area contributed by atoms with Crippen LogP contribution in [0.2, 0.25) is 0 Å². The molecule has 6 heteroatoms. The molecule has 4 nitrogen and oxygen atoms in total. The van der Waals surface area contributed by atoms with Crippen molar-refractivity contribution in [2.75, 3.05) is 0 Å². The number of hydrogen-bond acceptors (Lipinski definition) is 4. The highest BCUT2D eigenvalue weighted by atomic mass is 35.5. The second-order valence-electron chi connectivity index (χ2n) is 2.42. The Morgan fingerprint density at radius 1 is 1.67 bits per heavy atom. The summed E-state index contributed by atoms with van der Waals surface area (Å²) in [5.74, 6) is 0. The van der Waals surface area contributed by atoms with Crippen LogP contribution in [0, 0.1) is 0 Å². The summed E-state index contributed by atoms with van der Waals surface area (Å²) in [7, 11) is 0. The van der Waals surface area contributed by atoms with Crippen LogP contribution in [0.15, 0.2) is 5.16 Å². The van der Waals surface area contributed by atoms with Gasteiger partial charge in [-0.15, -0.1) is 29.3 Å². The Morgan fingerprint density at radius 2 is 2.33 bits per heavy atom. The lowest BCUT2D eigenvalue weighted by atomic mass is 10.3. The van der Waals surface area contributed by atoms with Gasteiger partial charge in [0.15, 0.2) is 5.16 Å². The van der Waals surface area contributed by atoms with E-state index in [2.05, 4.69) is 22.8 Å². The molecule has 1 heterocycles. The first-order valence-electron chi connectivity index (χ1n) is 3.60. The highest BCUT2D eigenvalue weighted by Gasteiger charge is 2.10. The van der Waals surface area contributed by atoms with Crippen LogP contribution in [0.4, 0.5) is 0 Å². The molecule has 0 fully saturated rings. The van der Waals surface area contributed by atoms with Crippen molar-refractivity contribution in [1.29, 1.82) is 0 Å². The van der Waals surface area contributed by atoms with Gasteiger partial charge in [0.1, 0.15) is 0 Å². The van der Waals surface area contributed by atoms with Gasteiger partial charge in [0.2, 0.25) is 0 Å². The number of rotatable bonds is 3. The van der Waals surface area contributed by atoms with E-state index >= 15 is 0 Å². The Morgan fingerprint density at radius 3 is 2.75 bits per heavy atom. The van der Waals surface area contributed by atoms with Gasteiger partial charge in [-0.25, -0.2) is 0 Å². The Bertz CT molecular complexity index is 246. The third kappa shape index (κ3) is 2.04. The van der Waals surface area contributed by atoms with E-state index < -0.39 is 0 Å². The molecule has 0 saturated heterocycles. The monoisotopic (exact) mass is 207 g/mol. The van der Waals surface area contributed by atoms with Gasteiger partial charge in [-0.2, -0.15) is 0 Å². The van der Waals surface area contributed by atoms with Crippen LogP contribution in [0.25, 0.3) is 0 Å². The number of nitrogens with zero attached hydrogens (tertiary/aromatic N) is 3. The Hall–Kier alpha value is -0.420. The fraction of sp³-hybridized carbons (Fsp3) is 0.667. The van der Waals surface area contributed by atoms with E-state index in [0.717, 1.165) is 6.42 Å². The number of aromatic hydroxyl groups is 1. The van der Waals surface area contributed by atoms with Crippen molar-refractivity contribution in [3.63, 3.8) is 0 Å². The minimum Gasteiger partial charge on any atom is -0.479 e. The minimum absolute atomic E-state index is 0.0298. The van der Waals surface area contributed by atoms with E-state index in [1.165, 1.54) is 4.57 Å². The number of thiol groups is 1. The van der Waals surface area contributed by atoms with Gasteiger partial charge < -0.3 is 5.11 Å². The van der Waals surface area contributed by atoms with E-state index in [1.54, 1.807) is 0 Å². The fourth-order valence-electron chi connectivity index (χ4n) is 0.777. The highest BCUT2D eigenvalue weighted by molar-refractivity contribution is 7.80. The van der Waals surface area contributed by atoms with Crippen molar-refractivity contribution in [3.8, 4) is 6.01 Å². The molecule has 0 amide bonds. The van der Waals surface area contributed by atoms with Gasteiger partial charge in [-0.1, -0.05) is 12.0 Å². The lowest BCUT2D eigenvalue weighted by Gasteiger charge is -2.07. The number of alkyl halides is 1. The molecule has 0 aliphatic carbocycles. The lowest BCUT2D eigenvalue weighted by molar-refractivity contribution is 0.387. The summed E-state index contributed by atoms with van der Waals surface area (Å²) in [6.07, 6.45) is 0.826. The summed E-state index contributed by atoms with van der Waals surface area (Å²) in [4.78, 5) is 0. The third-order valence-electron chi connectivity index (χ3n) is 1.54. The maximum absolute atomic E-state index is 9.16. The molecular formula is C6H10ClN3OS. The third-order valence-corrected chi connectivity index (χ3v) is 2.31. The maximum Gasteiger partial charge on any atom is 0.315 e. The standard InChI is InChI=1S/C6H10ClN3OS/c1-2-4(7)3-10-5(11)8-9-6(10)12/h4H,2-3H2,1H3,(H,8,11)(H,9,12). The smallest absolute Gasteiger partial charge is 0.315 e. The largest absolute Gasteiger partial charge is 0.479 e. The molecule has 1 unspecified atom stereocenters. The number of halogens is 1. The van der Waals surface area contributed by atoms with E-state index in [-0.39, 0.29) is 11.4 Å². The highest BCUT2D eigenvalue weighted by Crippen LogP contribution is 2.15. The van der Waals surface area contributed by atoms with Crippen LogP contribution in [-0.4, -0.2) is 25.2 Å². The van der Waals surface area contributed by atoms with Gasteiger partial charge in [0.05, 0.1) is 5.38 Å². The topological polar surface area (TPSA) is 50.9 Å². The van der Waals surface area contributed by atoms with Crippen molar-refractivity contribution in [3.05, 3.63) is 0 Å². The van der Waals surface area contributed by atoms with Crippen molar-refractivity contribution in [2.24, 2.45) is 0 Å². The van der Waals surface area contributed by atoms with Gasteiger partial charge in [0, 0.05) is 6.54 Å². The maximum atomic E-state index is 9.16. The fourth-order valence-corrected chi connectivity index (χ4v) is 1.13. The van der Waals surface area contributed by atoms with E-state index in [1.807, 2.05) is 6.92 Å². The van der Waals surface area contributed by atoms with Crippen LogP contribution in [0.3, 0.4) is 0 Å². The van der Waals surface area contributed by atoms with Crippen molar-refractivity contribution >= 4 is 24.2 Å².